The predicted molar refractivity (Wildman–Crippen MR) is 95.1 cm³/mol. The van der Waals surface area contributed by atoms with E-state index in [1.165, 1.54) is 11.8 Å². The molecule has 130 valence electrons. The van der Waals surface area contributed by atoms with Crippen molar-refractivity contribution in [3.05, 3.63) is 47.5 Å². The van der Waals surface area contributed by atoms with Gasteiger partial charge in [-0.1, -0.05) is 18.2 Å². The van der Waals surface area contributed by atoms with Crippen LogP contribution in [0.5, 0.6) is 11.5 Å². The third-order valence-corrected chi connectivity index (χ3v) is 4.10. The SMILES string of the molecule is CC(=O)N(CC(=O)Nc1c(C)cccc1C)c1ccc2c(c1)OCO2. The number of aryl methyl sites for hydroxylation is 2. The topological polar surface area (TPSA) is 67.9 Å². The van der Waals surface area contributed by atoms with Gasteiger partial charge in [0.15, 0.2) is 11.5 Å². The molecule has 2 aromatic carbocycles. The van der Waals surface area contributed by atoms with Gasteiger partial charge < -0.3 is 19.7 Å². The van der Waals surface area contributed by atoms with Crippen LogP contribution in [-0.2, 0) is 9.59 Å². The summed E-state index contributed by atoms with van der Waals surface area (Å²) in [4.78, 5) is 25.9. The van der Waals surface area contributed by atoms with Crippen molar-refractivity contribution in [1.82, 2.24) is 0 Å². The Hall–Kier alpha value is -3.02. The fraction of sp³-hybridized carbons (Fsp3) is 0.263. The first kappa shape index (κ1) is 16.8. The van der Waals surface area contributed by atoms with Gasteiger partial charge in [0, 0.05) is 24.4 Å². The zero-order valence-electron chi connectivity index (χ0n) is 14.5. The number of fused-ring (bicyclic) bond motifs is 1. The summed E-state index contributed by atoms with van der Waals surface area (Å²) in [5.41, 5.74) is 3.33. The van der Waals surface area contributed by atoms with Gasteiger partial charge in [0.25, 0.3) is 0 Å². The smallest absolute Gasteiger partial charge is 0.244 e. The van der Waals surface area contributed by atoms with Gasteiger partial charge in [-0.3, -0.25) is 9.59 Å². The Morgan fingerprint density at radius 2 is 1.76 bits per heavy atom. The number of carbonyl (C=O) groups excluding carboxylic acids is 2. The second-order valence-corrected chi connectivity index (χ2v) is 5.96. The molecule has 0 atom stereocenters. The molecule has 2 aromatic rings. The molecule has 25 heavy (non-hydrogen) atoms. The number of para-hydroxylation sites is 1. The van der Waals surface area contributed by atoms with E-state index in [1.54, 1.807) is 18.2 Å². The van der Waals surface area contributed by atoms with Crippen molar-refractivity contribution in [3.8, 4) is 11.5 Å². The zero-order valence-corrected chi connectivity index (χ0v) is 14.5. The number of benzene rings is 2. The minimum absolute atomic E-state index is 0.0806. The van der Waals surface area contributed by atoms with Crippen LogP contribution in [0, 0.1) is 13.8 Å². The highest BCUT2D eigenvalue weighted by Crippen LogP contribution is 2.35. The maximum atomic E-state index is 12.5. The molecule has 0 saturated carbocycles. The fourth-order valence-corrected chi connectivity index (χ4v) is 2.77. The number of rotatable bonds is 4. The summed E-state index contributed by atoms with van der Waals surface area (Å²) < 4.78 is 10.6. The third kappa shape index (κ3) is 3.57. The highest BCUT2D eigenvalue weighted by atomic mass is 16.7. The average molecular weight is 340 g/mol. The molecule has 0 aromatic heterocycles. The summed E-state index contributed by atoms with van der Waals surface area (Å²) in [6, 6.07) is 11.0. The second-order valence-electron chi connectivity index (χ2n) is 5.96. The van der Waals surface area contributed by atoms with Gasteiger partial charge in [-0.25, -0.2) is 0 Å². The van der Waals surface area contributed by atoms with Crippen molar-refractivity contribution in [2.24, 2.45) is 0 Å². The van der Waals surface area contributed by atoms with Gasteiger partial charge in [0.05, 0.1) is 0 Å². The lowest BCUT2D eigenvalue weighted by Gasteiger charge is -2.21. The Labute approximate surface area is 146 Å². The van der Waals surface area contributed by atoms with Crippen molar-refractivity contribution in [2.75, 3.05) is 23.6 Å². The maximum Gasteiger partial charge on any atom is 0.244 e. The van der Waals surface area contributed by atoms with Gasteiger partial charge in [-0.15, -0.1) is 0 Å². The van der Waals surface area contributed by atoms with E-state index >= 15 is 0 Å². The van der Waals surface area contributed by atoms with Crippen LogP contribution in [0.1, 0.15) is 18.1 Å². The minimum atomic E-state index is -0.259. The number of ether oxygens (including phenoxy) is 2. The molecule has 3 rings (SSSR count). The molecule has 0 saturated heterocycles. The number of amides is 2. The first-order valence-corrected chi connectivity index (χ1v) is 7.99. The first-order valence-electron chi connectivity index (χ1n) is 7.99. The monoisotopic (exact) mass is 340 g/mol. The quantitative estimate of drug-likeness (QED) is 0.929. The molecule has 0 aliphatic carbocycles. The van der Waals surface area contributed by atoms with Crippen molar-refractivity contribution in [1.29, 1.82) is 0 Å². The molecule has 1 N–H and O–H groups in total. The third-order valence-electron chi connectivity index (χ3n) is 4.10. The lowest BCUT2D eigenvalue weighted by atomic mass is 10.1. The molecule has 0 bridgehead atoms. The summed E-state index contributed by atoms with van der Waals surface area (Å²) in [5, 5.41) is 2.90. The average Bonchev–Trinajstić information content (AvgIpc) is 3.03. The van der Waals surface area contributed by atoms with Crippen LogP contribution in [0.25, 0.3) is 0 Å². The largest absolute Gasteiger partial charge is 0.454 e. The van der Waals surface area contributed by atoms with Gasteiger partial charge >= 0.3 is 0 Å². The van der Waals surface area contributed by atoms with Gasteiger partial charge in [-0.05, 0) is 37.1 Å². The lowest BCUT2D eigenvalue weighted by molar-refractivity contribution is -0.120. The number of anilines is 2. The van der Waals surface area contributed by atoms with Gasteiger partial charge in [0.2, 0.25) is 18.6 Å². The normalized spacial score (nSPS) is 12.0. The van der Waals surface area contributed by atoms with Crippen molar-refractivity contribution in [3.63, 3.8) is 0 Å². The number of nitrogens with zero attached hydrogens (tertiary/aromatic N) is 1. The maximum absolute atomic E-state index is 12.5. The van der Waals surface area contributed by atoms with E-state index in [4.69, 9.17) is 9.47 Å². The van der Waals surface area contributed by atoms with Crippen molar-refractivity contribution >= 4 is 23.2 Å². The van der Waals surface area contributed by atoms with Crippen LogP contribution in [0.3, 0.4) is 0 Å². The molecular formula is C19H20N2O4. The molecule has 6 heteroatoms. The van der Waals surface area contributed by atoms with Crippen LogP contribution in [-0.4, -0.2) is 25.2 Å². The summed E-state index contributed by atoms with van der Waals surface area (Å²) in [6.07, 6.45) is 0. The lowest BCUT2D eigenvalue weighted by Crippen LogP contribution is -2.36. The summed E-state index contributed by atoms with van der Waals surface area (Å²) in [6.45, 7) is 5.37. The number of nitrogens with one attached hydrogen (secondary N) is 1. The molecule has 2 amide bonds. The Kier molecular flexibility index (Phi) is 4.61. The molecule has 1 aliphatic heterocycles. The highest BCUT2D eigenvalue weighted by Gasteiger charge is 2.20. The van der Waals surface area contributed by atoms with E-state index in [1.807, 2.05) is 32.0 Å². The van der Waals surface area contributed by atoms with E-state index in [9.17, 15) is 9.59 Å². The highest BCUT2D eigenvalue weighted by molar-refractivity contribution is 6.02. The molecule has 0 spiro atoms. The Morgan fingerprint density at radius 1 is 1.08 bits per heavy atom. The number of carbonyl (C=O) groups is 2. The summed E-state index contributed by atoms with van der Waals surface area (Å²) in [5.74, 6) is 0.715. The summed E-state index contributed by atoms with van der Waals surface area (Å²) >= 11 is 0. The summed E-state index contributed by atoms with van der Waals surface area (Å²) in [7, 11) is 0. The zero-order chi connectivity index (χ0) is 18.0. The minimum Gasteiger partial charge on any atom is -0.454 e. The number of hydrogen-bond donors (Lipinski definition) is 1. The van der Waals surface area contributed by atoms with Crippen LogP contribution in [0.4, 0.5) is 11.4 Å². The fourth-order valence-electron chi connectivity index (χ4n) is 2.77. The first-order chi connectivity index (χ1) is 12.0. The Balaban J connectivity index is 1.78. The Morgan fingerprint density at radius 3 is 2.44 bits per heavy atom. The van der Waals surface area contributed by atoms with Crippen LogP contribution in [0.15, 0.2) is 36.4 Å². The van der Waals surface area contributed by atoms with E-state index in [2.05, 4.69) is 5.32 Å². The molecule has 6 nitrogen and oxygen atoms in total. The standard InChI is InChI=1S/C19H20N2O4/c1-12-5-4-6-13(2)19(12)20-18(23)10-21(14(3)22)15-7-8-16-17(9-15)25-11-24-16/h4-9H,10-11H2,1-3H3,(H,20,23). The van der Waals surface area contributed by atoms with E-state index < -0.39 is 0 Å². The molecule has 0 fully saturated rings. The molecule has 0 unspecified atom stereocenters. The van der Waals surface area contributed by atoms with E-state index in [0.717, 1.165) is 16.8 Å². The second kappa shape index (κ2) is 6.84. The van der Waals surface area contributed by atoms with Crippen LogP contribution < -0.4 is 19.7 Å². The Bertz CT molecular complexity index is 812. The molecule has 1 aliphatic rings. The van der Waals surface area contributed by atoms with Gasteiger partial charge in [-0.2, -0.15) is 0 Å². The number of hydrogen-bond acceptors (Lipinski definition) is 4. The van der Waals surface area contributed by atoms with Crippen molar-refractivity contribution < 1.29 is 19.1 Å². The van der Waals surface area contributed by atoms with Crippen LogP contribution >= 0.6 is 0 Å². The van der Waals surface area contributed by atoms with E-state index in [-0.39, 0.29) is 25.2 Å². The molecular weight excluding hydrogens is 320 g/mol. The van der Waals surface area contributed by atoms with E-state index in [0.29, 0.717) is 17.2 Å². The molecule has 1 heterocycles. The van der Waals surface area contributed by atoms with Gasteiger partial charge in [0.1, 0.15) is 6.54 Å². The van der Waals surface area contributed by atoms with Crippen LogP contribution in [0.2, 0.25) is 0 Å². The predicted octanol–water partition coefficient (Wildman–Crippen LogP) is 3.02. The van der Waals surface area contributed by atoms with Crippen molar-refractivity contribution in [2.45, 2.75) is 20.8 Å². The molecule has 0 radical (unpaired) electrons.